The first-order chi connectivity index (χ1) is 10.7. The Labute approximate surface area is 132 Å². The Hall–Kier alpha value is -1.94. The zero-order chi connectivity index (χ0) is 15.4. The Morgan fingerprint density at radius 2 is 2.00 bits per heavy atom. The molecule has 3 heterocycles. The lowest BCUT2D eigenvalue weighted by molar-refractivity contribution is 0.560. The number of aromatic nitrogens is 2. The van der Waals surface area contributed by atoms with Gasteiger partial charge in [-0.3, -0.25) is 4.98 Å². The van der Waals surface area contributed by atoms with E-state index in [4.69, 9.17) is 4.98 Å². The molecule has 0 spiro atoms. The van der Waals surface area contributed by atoms with E-state index in [1.807, 2.05) is 18.3 Å². The fraction of sp³-hybridized carbons (Fsp3) is 0.444. The molecule has 0 bridgehead atoms. The molecule has 1 fully saturated rings. The van der Waals surface area contributed by atoms with Crippen molar-refractivity contribution in [2.24, 2.45) is 0 Å². The summed E-state index contributed by atoms with van der Waals surface area (Å²) in [5, 5.41) is 3.57. The highest BCUT2D eigenvalue weighted by atomic mass is 15.2. The molecule has 3 rings (SSSR count). The third kappa shape index (κ3) is 3.45. The normalized spacial score (nSPS) is 16.0. The van der Waals surface area contributed by atoms with Crippen LogP contribution in [-0.2, 0) is 6.54 Å². The number of hydrogen-bond acceptors (Lipinski definition) is 4. The van der Waals surface area contributed by atoms with Crippen LogP contribution < -0.4 is 10.2 Å². The molecule has 1 saturated heterocycles. The van der Waals surface area contributed by atoms with E-state index < -0.39 is 0 Å². The molecule has 0 unspecified atom stereocenters. The third-order valence-corrected chi connectivity index (χ3v) is 4.23. The molecule has 4 nitrogen and oxygen atoms in total. The number of pyridine rings is 2. The van der Waals surface area contributed by atoms with Crippen molar-refractivity contribution in [2.45, 2.75) is 39.3 Å². The molecule has 2 aromatic heterocycles. The van der Waals surface area contributed by atoms with Gasteiger partial charge in [0.25, 0.3) is 0 Å². The Kier molecular flexibility index (Phi) is 4.68. The van der Waals surface area contributed by atoms with Crippen molar-refractivity contribution in [1.82, 2.24) is 15.3 Å². The van der Waals surface area contributed by atoms with Crippen LogP contribution in [0.2, 0.25) is 0 Å². The fourth-order valence-electron chi connectivity index (χ4n) is 2.91. The quantitative estimate of drug-likeness (QED) is 0.919. The van der Waals surface area contributed by atoms with E-state index in [1.54, 1.807) is 0 Å². The van der Waals surface area contributed by atoms with Crippen LogP contribution in [0.25, 0.3) is 0 Å². The monoisotopic (exact) mass is 296 g/mol. The molecule has 116 valence electrons. The summed E-state index contributed by atoms with van der Waals surface area (Å²) in [7, 11) is 0. The second-order valence-corrected chi connectivity index (χ2v) is 5.99. The number of rotatable bonds is 5. The molecule has 0 aromatic carbocycles. The summed E-state index contributed by atoms with van der Waals surface area (Å²) in [5.74, 6) is 1.15. The summed E-state index contributed by atoms with van der Waals surface area (Å²) in [6.45, 7) is 7.28. The van der Waals surface area contributed by atoms with Gasteiger partial charge in [-0.15, -0.1) is 0 Å². The molecule has 0 saturated carbocycles. The molecule has 22 heavy (non-hydrogen) atoms. The molecule has 0 radical (unpaired) electrons. The maximum atomic E-state index is 4.78. The predicted molar refractivity (Wildman–Crippen MR) is 89.9 cm³/mol. The van der Waals surface area contributed by atoms with Crippen molar-refractivity contribution in [3.05, 3.63) is 53.5 Å². The van der Waals surface area contributed by atoms with Gasteiger partial charge in [0, 0.05) is 43.1 Å². The molecule has 4 heteroatoms. The van der Waals surface area contributed by atoms with Crippen LogP contribution >= 0.6 is 0 Å². The van der Waals surface area contributed by atoms with E-state index in [-0.39, 0.29) is 6.04 Å². The van der Waals surface area contributed by atoms with Gasteiger partial charge < -0.3 is 10.2 Å². The van der Waals surface area contributed by atoms with Crippen LogP contribution in [-0.4, -0.2) is 23.1 Å². The largest absolute Gasteiger partial charge is 0.356 e. The lowest BCUT2D eigenvalue weighted by Gasteiger charge is -2.22. The van der Waals surface area contributed by atoms with Crippen molar-refractivity contribution in [3.63, 3.8) is 0 Å². The van der Waals surface area contributed by atoms with E-state index in [0.717, 1.165) is 36.8 Å². The van der Waals surface area contributed by atoms with Gasteiger partial charge in [0.1, 0.15) is 5.82 Å². The molecular weight excluding hydrogens is 272 g/mol. The average molecular weight is 296 g/mol. The molecular formula is C18H24N4. The van der Waals surface area contributed by atoms with E-state index in [0.29, 0.717) is 0 Å². The molecule has 1 aliphatic heterocycles. The Morgan fingerprint density at radius 3 is 2.73 bits per heavy atom. The smallest absolute Gasteiger partial charge is 0.133 e. The molecule has 1 N–H and O–H groups in total. The first-order valence-electron chi connectivity index (χ1n) is 8.10. The number of anilines is 1. The maximum Gasteiger partial charge on any atom is 0.133 e. The fourth-order valence-corrected chi connectivity index (χ4v) is 2.91. The van der Waals surface area contributed by atoms with Crippen LogP contribution in [0, 0.1) is 6.92 Å². The highest BCUT2D eigenvalue weighted by Gasteiger charge is 2.17. The number of hydrogen-bond donors (Lipinski definition) is 1. The minimum Gasteiger partial charge on any atom is -0.356 e. The van der Waals surface area contributed by atoms with Gasteiger partial charge in [0.2, 0.25) is 0 Å². The highest BCUT2D eigenvalue weighted by molar-refractivity contribution is 5.48. The Morgan fingerprint density at radius 1 is 1.18 bits per heavy atom. The van der Waals surface area contributed by atoms with Crippen LogP contribution in [0.1, 0.15) is 42.8 Å². The van der Waals surface area contributed by atoms with Gasteiger partial charge in [-0.1, -0.05) is 12.1 Å². The van der Waals surface area contributed by atoms with Crippen LogP contribution in [0.4, 0.5) is 5.82 Å². The molecule has 0 aliphatic carbocycles. The minimum absolute atomic E-state index is 0.230. The van der Waals surface area contributed by atoms with Gasteiger partial charge in [-0.2, -0.15) is 0 Å². The summed E-state index contributed by atoms with van der Waals surface area (Å²) < 4.78 is 0. The van der Waals surface area contributed by atoms with Gasteiger partial charge >= 0.3 is 0 Å². The van der Waals surface area contributed by atoms with Crippen molar-refractivity contribution in [3.8, 4) is 0 Å². The van der Waals surface area contributed by atoms with Crippen molar-refractivity contribution < 1.29 is 0 Å². The summed E-state index contributed by atoms with van der Waals surface area (Å²) >= 11 is 0. The lowest BCUT2D eigenvalue weighted by atomic mass is 10.1. The number of nitrogens with zero attached hydrogens (tertiary/aromatic N) is 3. The standard InChI is InChI=1S/C18H24N4/c1-14-8-9-16(18(21-14)22-11-5-6-12-22)13-20-15(2)17-7-3-4-10-19-17/h3-4,7-10,15,20H,5-6,11-13H2,1-2H3/t15-/m0/s1. The van der Waals surface area contributed by atoms with Crippen molar-refractivity contribution >= 4 is 5.82 Å². The maximum absolute atomic E-state index is 4.78. The molecule has 1 atom stereocenters. The van der Waals surface area contributed by atoms with E-state index >= 15 is 0 Å². The number of aryl methyl sites for hydroxylation is 1. The lowest BCUT2D eigenvalue weighted by Crippen LogP contribution is -2.24. The van der Waals surface area contributed by atoms with E-state index in [2.05, 4.69) is 47.2 Å². The SMILES string of the molecule is Cc1ccc(CN[C@@H](C)c2ccccn2)c(N2CCCC2)n1. The van der Waals surface area contributed by atoms with Crippen LogP contribution in [0.3, 0.4) is 0 Å². The van der Waals surface area contributed by atoms with Crippen LogP contribution in [0.15, 0.2) is 36.5 Å². The van der Waals surface area contributed by atoms with Gasteiger partial charge in [0.05, 0.1) is 5.69 Å². The third-order valence-electron chi connectivity index (χ3n) is 4.23. The number of nitrogens with one attached hydrogen (secondary N) is 1. The van der Waals surface area contributed by atoms with Gasteiger partial charge in [-0.25, -0.2) is 4.98 Å². The first kappa shape index (κ1) is 15.0. The minimum atomic E-state index is 0.230. The predicted octanol–water partition coefficient (Wildman–Crippen LogP) is 3.24. The average Bonchev–Trinajstić information content (AvgIpc) is 3.08. The zero-order valence-corrected chi connectivity index (χ0v) is 13.4. The van der Waals surface area contributed by atoms with Crippen molar-refractivity contribution in [2.75, 3.05) is 18.0 Å². The summed E-state index contributed by atoms with van der Waals surface area (Å²) in [6.07, 6.45) is 4.39. The van der Waals surface area contributed by atoms with Gasteiger partial charge in [0.15, 0.2) is 0 Å². The second kappa shape index (κ2) is 6.88. The van der Waals surface area contributed by atoms with Gasteiger partial charge in [-0.05, 0) is 44.9 Å². The molecule has 2 aromatic rings. The van der Waals surface area contributed by atoms with Crippen LogP contribution in [0.5, 0.6) is 0 Å². The molecule has 0 amide bonds. The molecule has 1 aliphatic rings. The highest BCUT2D eigenvalue weighted by Crippen LogP contribution is 2.23. The van der Waals surface area contributed by atoms with E-state index in [9.17, 15) is 0 Å². The second-order valence-electron chi connectivity index (χ2n) is 5.99. The Bertz CT molecular complexity index is 606. The zero-order valence-electron chi connectivity index (χ0n) is 13.4. The summed E-state index contributed by atoms with van der Waals surface area (Å²) in [5.41, 5.74) is 3.43. The summed E-state index contributed by atoms with van der Waals surface area (Å²) in [4.78, 5) is 11.6. The first-order valence-corrected chi connectivity index (χ1v) is 8.10. The topological polar surface area (TPSA) is 41.1 Å². The van der Waals surface area contributed by atoms with Crippen molar-refractivity contribution in [1.29, 1.82) is 0 Å². The summed E-state index contributed by atoms with van der Waals surface area (Å²) in [6, 6.07) is 10.6. The Balaban J connectivity index is 1.72. The van der Waals surface area contributed by atoms with E-state index in [1.165, 1.54) is 18.4 Å².